The molecule has 10 nitrogen and oxygen atoms in total. The van der Waals surface area contributed by atoms with Crippen LogP contribution in [0.5, 0.6) is 0 Å². The van der Waals surface area contributed by atoms with E-state index in [0.717, 1.165) is 36.1 Å². The molecular formula is C27H31ClN4O6S. The van der Waals surface area contributed by atoms with Crippen LogP contribution >= 0.6 is 11.6 Å². The van der Waals surface area contributed by atoms with Gasteiger partial charge in [0.2, 0.25) is 0 Å². The summed E-state index contributed by atoms with van der Waals surface area (Å²) in [4.78, 5) is 40.1. The molecule has 1 amide bonds. The molecule has 1 aromatic heterocycles. The second kappa shape index (κ2) is 11.7. The summed E-state index contributed by atoms with van der Waals surface area (Å²) in [7, 11) is -1.34. The van der Waals surface area contributed by atoms with E-state index in [4.69, 9.17) is 16.3 Å². The van der Waals surface area contributed by atoms with Gasteiger partial charge in [0.25, 0.3) is 21.5 Å². The van der Waals surface area contributed by atoms with Crippen molar-refractivity contribution in [3.8, 4) is 5.69 Å². The Morgan fingerprint density at radius 1 is 1.03 bits per heavy atom. The van der Waals surface area contributed by atoms with E-state index >= 15 is 0 Å². The van der Waals surface area contributed by atoms with Crippen LogP contribution in [0.2, 0.25) is 5.02 Å². The van der Waals surface area contributed by atoms with Crippen LogP contribution in [0.25, 0.3) is 5.69 Å². The van der Waals surface area contributed by atoms with Crippen LogP contribution in [0.1, 0.15) is 41.7 Å². The number of hydrogen-bond donors (Lipinski definition) is 0. The lowest BCUT2D eigenvalue weighted by Gasteiger charge is -2.20. The Labute approximate surface area is 232 Å². The van der Waals surface area contributed by atoms with Gasteiger partial charge in [0, 0.05) is 27.2 Å². The third kappa shape index (κ3) is 5.74. The van der Waals surface area contributed by atoms with E-state index < -0.39 is 28.2 Å². The summed E-state index contributed by atoms with van der Waals surface area (Å²) in [6.45, 7) is 2.41. The number of aromatic nitrogens is 2. The van der Waals surface area contributed by atoms with E-state index in [1.807, 2.05) is 6.07 Å². The number of nitrogens with zero attached hydrogens (tertiary/aromatic N) is 4. The number of hydrogen-bond acceptors (Lipinski definition) is 6. The lowest BCUT2D eigenvalue weighted by molar-refractivity contribution is -0.134. The van der Waals surface area contributed by atoms with Crippen molar-refractivity contribution < 1.29 is 22.7 Å². The fraction of sp³-hybridized carbons (Fsp3) is 0.370. The summed E-state index contributed by atoms with van der Waals surface area (Å²) in [6, 6.07) is 12.5. The number of carbonyl (C=O) groups excluding carboxylic acids is 2. The monoisotopic (exact) mass is 574 g/mol. The van der Waals surface area contributed by atoms with Gasteiger partial charge in [0.05, 0.1) is 26.9 Å². The van der Waals surface area contributed by atoms with Gasteiger partial charge in [-0.25, -0.2) is 17.9 Å². The van der Waals surface area contributed by atoms with E-state index in [9.17, 15) is 22.8 Å². The Hall–Kier alpha value is -3.57. The standard InChI is InChI=1S/C27H31ClN4O6S/c1-19-25(26(34)32(29(19)2)20-11-7-6-8-12-20)30(3)39(36,37)21-13-14-23(28)22(17-21)27(35)38-18-24(33)31-15-9-4-5-10-16-31/h6-8,11-14,17H,4-5,9-10,15-16,18H2,1-3H3. The summed E-state index contributed by atoms with van der Waals surface area (Å²) in [5, 5.41) is -0.0221. The zero-order valence-electron chi connectivity index (χ0n) is 22.1. The number of likely N-dealkylation sites (tertiary alicyclic amines) is 1. The van der Waals surface area contributed by atoms with Crippen molar-refractivity contribution in [2.45, 2.75) is 37.5 Å². The topological polar surface area (TPSA) is 111 Å². The molecule has 0 saturated carbocycles. The van der Waals surface area contributed by atoms with Crippen LogP contribution < -0.4 is 9.86 Å². The number of esters is 1. The summed E-state index contributed by atoms with van der Waals surface area (Å²) in [6.07, 6.45) is 3.90. The van der Waals surface area contributed by atoms with Gasteiger partial charge in [0.15, 0.2) is 6.61 Å². The Morgan fingerprint density at radius 3 is 2.31 bits per heavy atom. The Morgan fingerprint density at radius 2 is 1.67 bits per heavy atom. The molecule has 3 aromatic rings. The second-order valence-corrected chi connectivity index (χ2v) is 11.8. The van der Waals surface area contributed by atoms with Crippen molar-refractivity contribution in [1.82, 2.24) is 14.3 Å². The second-order valence-electron chi connectivity index (χ2n) is 9.40. The fourth-order valence-electron chi connectivity index (χ4n) is 4.63. The number of rotatable bonds is 7. The SMILES string of the molecule is Cc1c(N(C)S(=O)(=O)c2ccc(Cl)c(C(=O)OCC(=O)N3CCCCCC3)c2)c(=O)n(-c2ccccc2)n1C. The molecule has 1 aliphatic rings. The third-order valence-corrected chi connectivity index (χ3v) is 9.02. The van der Waals surface area contributed by atoms with E-state index in [1.165, 1.54) is 23.9 Å². The van der Waals surface area contributed by atoms with Gasteiger partial charge in [-0.05, 0) is 50.1 Å². The Balaban J connectivity index is 1.59. The summed E-state index contributed by atoms with van der Waals surface area (Å²) >= 11 is 6.20. The normalized spacial score (nSPS) is 14.1. The molecule has 0 atom stereocenters. The quantitative estimate of drug-likeness (QED) is 0.399. The van der Waals surface area contributed by atoms with Gasteiger partial charge in [-0.15, -0.1) is 0 Å². The highest BCUT2D eigenvalue weighted by Gasteiger charge is 2.30. The third-order valence-electron chi connectivity index (χ3n) is 6.94. The largest absolute Gasteiger partial charge is 0.452 e. The average Bonchev–Trinajstić information content (AvgIpc) is 3.10. The number of halogens is 1. The summed E-state index contributed by atoms with van der Waals surface area (Å²) in [5.74, 6) is -1.22. The van der Waals surface area contributed by atoms with E-state index in [-0.39, 0.29) is 27.1 Å². The maximum Gasteiger partial charge on any atom is 0.340 e. The smallest absolute Gasteiger partial charge is 0.340 e. The fourth-order valence-corrected chi connectivity index (χ4v) is 6.10. The summed E-state index contributed by atoms with van der Waals surface area (Å²) < 4.78 is 36.2. The first-order valence-electron chi connectivity index (χ1n) is 12.6. The predicted molar refractivity (Wildman–Crippen MR) is 148 cm³/mol. The molecule has 12 heteroatoms. The molecule has 0 N–H and O–H groups in total. The van der Waals surface area contributed by atoms with Gasteiger partial charge in [-0.3, -0.25) is 18.6 Å². The molecule has 1 fully saturated rings. The van der Waals surface area contributed by atoms with Crippen molar-refractivity contribution >= 4 is 39.2 Å². The maximum absolute atomic E-state index is 13.6. The molecule has 0 unspecified atom stereocenters. The van der Waals surface area contributed by atoms with Crippen LogP contribution in [0.4, 0.5) is 5.69 Å². The Bertz CT molecular complexity index is 1540. The molecular weight excluding hydrogens is 544 g/mol. The highest BCUT2D eigenvalue weighted by atomic mass is 35.5. The van der Waals surface area contributed by atoms with E-state index in [0.29, 0.717) is 24.5 Å². The molecule has 4 rings (SSSR count). The van der Waals surface area contributed by atoms with Gasteiger partial charge >= 0.3 is 5.97 Å². The molecule has 2 heterocycles. The zero-order valence-corrected chi connectivity index (χ0v) is 23.7. The first-order valence-corrected chi connectivity index (χ1v) is 14.4. The highest BCUT2D eigenvalue weighted by Crippen LogP contribution is 2.27. The lowest BCUT2D eigenvalue weighted by Crippen LogP contribution is -2.35. The molecule has 1 aliphatic heterocycles. The van der Waals surface area contributed by atoms with Crippen molar-refractivity contribution in [2.24, 2.45) is 7.05 Å². The molecule has 0 spiro atoms. The minimum Gasteiger partial charge on any atom is -0.452 e. The van der Waals surface area contributed by atoms with Crippen molar-refractivity contribution in [1.29, 1.82) is 0 Å². The number of carbonyl (C=O) groups is 2. The van der Waals surface area contributed by atoms with Crippen molar-refractivity contribution in [3.63, 3.8) is 0 Å². The van der Waals surface area contributed by atoms with Gasteiger partial charge in [-0.1, -0.05) is 42.6 Å². The minimum absolute atomic E-state index is 0.0221. The zero-order chi connectivity index (χ0) is 28.3. The Kier molecular flexibility index (Phi) is 8.51. The summed E-state index contributed by atoms with van der Waals surface area (Å²) in [5.41, 5.74) is 0.254. The average molecular weight is 575 g/mol. The first kappa shape index (κ1) is 28.4. The molecule has 1 saturated heterocycles. The number of benzene rings is 2. The number of para-hydroxylation sites is 1. The van der Waals surface area contributed by atoms with Crippen LogP contribution in [0, 0.1) is 6.92 Å². The number of sulfonamides is 1. The predicted octanol–water partition coefficient (Wildman–Crippen LogP) is 3.52. The van der Waals surface area contributed by atoms with Crippen LogP contribution in [-0.4, -0.2) is 61.3 Å². The van der Waals surface area contributed by atoms with Crippen LogP contribution in [0.15, 0.2) is 58.2 Å². The molecule has 208 valence electrons. The molecule has 2 aromatic carbocycles. The minimum atomic E-state index is -4.28. The molecule has 0 bridgehead atoms. The maximum atomic E-state index is 13.6. The van der Waals surface area contributed by atoms with Gasteiger partial charge < -0.3 is 9.64 Å². The van der Waals surface area contributed by atoms with E-state index in [1.54, 1.807) is 47.8 Å². The van der Waals surface area contributed by atoms with Crippen LogP contribution in [0.3, 0.4) is 0 Å². The number of amides is 1. The van der Waals surface area contributed by atoms with Gasteiger partial charge in [0.1, 0.15) is 5.69 Å². The highest BCUT2D eigenvalue weighted by molar-refractivity contribution is 7.92. The van der Waals surface area contributed by atoms with Gasteiger partial charge in [-0.2, -0.15) is 0 Å². The van der Waals surface area contributed by atoms with Crippen molar-refractivity contribution in [3.05, 3.63) is 75.2 Å². The van der Waals surface area contributed by atoms with Crippen molar-refractivity contribution in [2.75, 3.05) is 31.0 Å². The number of ether oxygens (including phenoxy) is 1. The molecule has 0 aliphatic carbocycles. The number of anilines is 1. The van der Waals surface area contributed by atoms with Crippen LogP contribution in [-0.2, 0) is 26.6 Å². The molecule has 39 heavy (non-hydrogen) atoms. The van der Waals surface area contributed by atoms with E-state index in [2.05, 4.69) is 0 Å². The lowest BCUT2D eigenvalue weighted by atomic mass is 10.2. The first-order chi connectivity index (χ1) is 18.5. The molecule has 0 radical (unpaired) electrons.